The molecule has 1 N–H and O–H groups in total. The third-order valence-electron chi connectivity index (χ3n) is 4.64. The Morgan fingerprint density at radius 1 is 1.19 bits per heavy atom. The molecule has 0 radical (unpaired) electrons. The van der Waals surface area contributed by atoms with Crippen LogP contribution in [0.1, 0.15) is 57.4 Å². The molecule has 1 aromatic carbocycles. The van der Waals surface area contributed by atoms with Crippen LogP contribution in [-0.4, -0.2) is 12.6 Å². The summed E-state index contributed by atoms with van der Waals surface area (Å²) >= 11 is 3.33. The summed E-state index contributed by atoms with van der Waals surface area (Å²) in [6, 6.07) is 5.85. The highest BCUT2D eigenvalue weighted by Gasteiger charge is 2.22. The second kappa shape index (κ2) is 8.89. The molecule has 0 saturated heterocycles. The normalized spacial score (nSPS) is 19.0. The molecule has 0 heterocycles. The molecule has 1 nitrogen and oxygen atoms in total. The summed E-state index contributed by atoms with van der Waals surface area (Å²) in [6.45, 7) is 3.10. The van der Waals surface area contributed by atoms with Crippen molar-refractivity contribution in [2.75, 3.05) is 6.54 Å². The summed E-state index contributed by atoms with van der Waals surface area (Å²) in [6.07, 6.45) is 10.2. The highest BCUT2D eigenvalue weighted by molar-refractivity contribution is 9.10. The van der Waals surface area contributed by atoms with Crippen molar-refractivity contribution in [1.29, 1.82) is 0 Å². The number of hydrogen-bond acceptors (Lipinski definition) is 1. The predicted octanol–water partition coefficient (Wildman–Crippen LogP) is 5.47. The average molecular weight is 356 g/mol. The van der Waals surface area contributed by atoms with Crippen molar-refractivity contribution in [2.24, 2.45) is 5.92 Å². The molecule has 21 heavy (non-hydrogen) atoms. The Morgan fingerprint density at radius 3 is 2.48 bits per heavy atom. The van der Waals surface area contributed by atoms with Crippen molar-refractivity contribution < 1.29 is 4.39 Å². The van der Waals surface area contributed by atoms with Gasteiger partial charge in [-0.3, -0.25) is 0 Å². The van der Waals surface area contributed by atoms with Gasteiger partial charge in [-0.1, -0.05) is 61.0 Å². The molecule has 1 atom stereocenters. The van der Waals surface area contributed by atoms with Crippen LogP contribution in [0.2, 0.25) is 0 Å². The van der Waals surface area contributed by atoms with Gasteiger partial charge in [-0.05, 0) is 49.4 Å². The van der Waals surface area contributed by atoms with Crippen LogP contribution in [0.15, 0.2) is 22.7 Å². The highest BCUT2D eigenvalue weighted by Crippen LogP contribution is 2.27. The second-order valence-corrected chi connectivity index (χ2v) is 7.12. The van der Waals surface area contributed by atoms with Crippen LogP contribution in [0.5, 0.6) is 0 Å². The highest BCUT2D eigenvalue weighted by atomic mass is 79.9. The van der Waals surface area contributed by atoms with E-state index in [1.54, 1.807) is 6.07 Å². The molecule has 1 saturated carbocycles. The Hall–Kier alpha value is -0.410. The van der Waals surface area contributed by atoms with E-state index in [1.807, 2.05) is 12.1 Å². The maximum Gasteiger partial charge on any atom is 0.127 e. The molecule has 1 aliphatic rings. The molecular weight excluding hydrogens is 329 g/mol. The molecule has 1 aliphatic carbocycles. The minimum absolute atomic E-state index is 0.0851. The van der Waals surface area contributed by atoms with Gasteiger partial charge < -0.3 is 5.32 Å². The van der Waals surface area contributed by atoms with Crippen molar-refractivity contribution in [2.45, 2.75) is 64.3 Å². The minimum Gasteiger partial charge on any atom is -0.314 e. The van der Waals surface area contributed by atoms with Crippen LogP contribution in [0.3, 0.4) is 0 Å². The molecule has 1 aromatic rings. The summed E-state index contributed by atoms with van der Waals surface area (Å²) < 4.78 is 14.9. The van der Waals surface area contributed by atoms with Gasteiger partial charge in [0.1, 0.15) is 5.82 Å². The Morgan fingerprint density at radius 2 is 1.86 bits per heavy atom. The number of halogens is 2. The molecule has 3 heteroatoms. The third-order valence-corrected chi connectivity index (χ3v) is 5.13. The first kappa shape index (κ1) is 17.0. The number of benzene rings is 1. The Balaban J connectivity index is 2.06. The number of rotatable bonds is 5. The van der Waals surface area contributed by atoms with Crippen molar-refractivity contribution in [3.05, 3.63) is 34.1 Å². The third kappa shape index (κ3) is 5.37. The molecule has 118 valence electrons. The number of likely N-dealkylation sites (N-methyl/N-ethyl adjacent to an activating group) is 1. The molecule has 0 aromatic heterocycles. The Bertz CT molecular complexity index is 427. The topological polar surface area (TPSA) is 12.0 Å². The lowest BCUT2D eigenvalue weighted by Gasteiger charge is -2.29. The van der Waals surface area contributed by atoms with Gasteiger partial charge in [0.05, 0.1) is 0 Å². The summed E-state index contributed by atoms with van der Waals surface area (Å²) in [7, 11) is 0. The fourth-order valence-corrected chi connectivity index (χ4v) is 3.82. The van der Waals surface area contributed by atoms with Gasteiger partial charge in [-0.25, -0.2) is 4.39 Å². The second-order valence-electron chi connectivity index (χ2n) is 6.21. The summed E-state index contributed by atoms with van der Waals surface area (Å²) in [5, 5.41) is 3.61. The zero-order valence-electron chi connectivity index (χ0n) is 13.0. The molecule has 1 fully saturated rings. The standard InChI is InChI=1S/C18H27BrFN/c1-2-21-18(14-8-6-4-3-5-7-9-14)12-15-10-11-16(19)13-17(15)20/h10-11,13-14,18,21H,2-9,12H2,1H3. The molecule has 0 amide bonds. The van der Waals surface area contributed by atoms with Crippen molar-refractivity contribution >= 4 is 15.9 Å². The van der Waals surface area contributed by atoms with E-state index in [9.17, 15) is 4.39 Å². The predicted molar refractivity (Wildman–Crippen MR) is 91.1 cm³/mol. The monoisotopic (exact) mass is 355 g/mol. The van der Waals surface area contributed by atoms with E-state index in [2.05, 4.69) is 28.2 Å². The largest absolute Gasteiger partial charge is 0.314 e. The quantitative estimate of drug-likeness (QED) is 0.738. The van der Waals surface area contributed by atoms with Crippen molar-refractivity contribution in [1.82, 2.24) is 5.32 Å². The van der Waals surface area contributed by atoms with E-state index in [0.29, 0.717) is 12.0 Å². The summed E-state index contributed by atoms with van der Waals surface area (Å²) in [5.74, 6) is 0.603. The first-order chi connectivity index (χ1) is 10.2. The van der Waals surface area contributed by atoms with E-state index < -0.39 is 0 Å². The SMILES string of the molecule is CCNC(Cc1ccc(Br)cc1F)C1CCCCCCC1. The Labute approximate surface area is 136 Å². The van der Waals surface area contributed by atoms with Gasteiger partial charge in [0.15, 0.2) is 0 Å². The lowest BCUT2D eigenvalue weighted by atomic mass is 9.83. The van der Waals surface area contributed by atoms with E-state index in [4.69, 9.17) is 0 Å². The fourth-order valence-electron chi connectivity index (χ4n) is 3.48. The van der Waals surface area contributed by atoms with Gasteiger partial charge >= 0.3 is 0 Å². The number of nitrogens with one attached hydrogen (secondary N) is 1. The van der Waals surface area contributed by atoms with Crippen LogP contribution in [-0.2, 0) is 6.42 Å². The zero-order valence-corrected chi connectivity index (χ0v) is 14.6. The average Bonchev–Trinajstić information content (AvgIpc) is 2.41. The van der Waals surface area contributed by atoms with Crippen LogP contribution in [0.4, 0.5) is 4.39 Å². The maximum absolute atomic E-state index is 14.1. The van der Waals surface area contributed by atoms with Crippen LogP contribution >= 0.6 is 15.9 Å². The summed E-state index contributed by atoms with van der Waals surface area (Å²) in [4.78, 5) is 0. The molecule has 2 rings (SSSR count). The van der Waals surface area contributed by atoms with Gasteiger partial charge in [-0.15, -0.1) is 0 Å². The van der Waals surface area contributed by atoms with E-state index in [0.717, 1.165) is 23.0 Å². The van der Waals surface area contributed by atoms with Crippen LogP contribution in [0.25, 0.3) is 0 Å². The number of hydrogen-bond donors (Lipinski definition) is 1. The first-order valence-corrected chi connectivity index (χ1v) is 9.17. The minimum atomic E-state index is -0.0851. The molecule has 0 aliphatic heterocycles. The van der Waals surface area contributed by atoms with Gasteiger partial charge in [0.25, 0.3) is 0 Å². The van der Waals surface area contributed by atoms with Crippen molar-refractivity contribution in [3.63, 3.8) is 0 Å². The van der Waals surface area contributed by atoms with Crippen molar-refractivity contribution in [3.8, 4) is 0 Å². The lowest BCUT2D eigenvalue weighted by Crippen LogP contribution is -2.38. The van der Waals surface area contributed by atoms with Crippen LogP contribution in [0, 0.1) is 11.7 Å². The maximum atomic E-state index is 14.1. The van der Waals surface area contributed by atoms with Gasteiger partial charge in [-0.2, -0.15) is 0 Å². The first-order valence-electron chi connectivity index (χ1n) is 8.38. The van der Waals surface area contributed by atoms with E-state index >= 15 is 0 Å². The van der Waals surface area contributed by atoms with Gasteiger partial charge in [0.2, 0.25) is 0 Å². The smallest absolute Gasteiger partial charge is 0.127 e. The van der Waals surface area contributed by atoms with Crippen LogP contribution < -0.4 is 5.32 Å². The lowest BCUT2D eigenvalue weighted by molar-refractivity contribution is 0.284. The van der Waals surface area contributed by atoms with Gasteiger partial charge in [0, 0.05) is 10.5 Å². The Kier molecular flexibility index (Phi) is 7.18. The zero-order chi connectivity index (χ0) is 15.1. The van der Waals surface area contributed by atoms with E-state index in [1.165, 1.54) is 44.9 Å². The molecule has 1 unspecified atom stereocenters. The molecule has 0 bridgehead atoms. The summed E-state index contributed by atoms with van der Waals surface area (Å²) in [5.41, 5.74) is 0.839. The van der Waals surface area contributed by atoms with E-state index in [-0.39, 0.29) is 5.82 Å². The molecule has 0 spiro atoms. The molecular formula is C18H27BrFN. The fraction of sp³-hybridized carbons (Fsp3) is 0.667.